The Kier molecular flexibility index (Phi) is 0.884. The number of anilines is 1. The highest BCUT2D eigenvalue weighted by Crippen LogP contribution is 2.07. The molecule has 0 saturated heterocycles. The van der Waals surface area contributed by atoms with Crippen LogP contribution in [0.2, 0.25) is 0 Å². The van der Waals surface area contributed by atoms with Gasteiger partial charge >= 0.3 is 0 Å². The second-order valence-electron chi connectivity index (χ2n) is 1.97. The summed E-state index contributed by atoms with van der Waals surface area (Å²) in [5, 5.41) is 0. The summed E-state index contributed by atoms with van der Waals surface area (Å²) in [7, 11) is 0. The van der Waals surface area contributed by atoms with Gasteiger partial charge in [0.05, 0.1) is 14.6 Å². The molecule has 0 aliphatic rings. The van der Waals surface area contributed by atoms with Gasteiger partial charge in [-0.05, 0) is 25.5 Å². The summed E-state index contributed by atoms with van der Waals surface area (Å²) in [5.74, 6) is 0. The van der Waals surface area contributed by atoms with E-state index in [2.05, 4.69) is 4.98 Å². The van der Waals surface area contributed by atoms with Crippen molar-refractivity contribution in [2.45, 2.75) is 13.8 Å². The lowest BCUT2D eigenvalue weighted by atomic mass is 10.2. The van der Waals surface area contributed by atoms with Gasteiger partial charge in [-0.2, -0.15) is 0 Å². The molecule has 1 heterocycles. The fraction of sp³-hybridized carbons (Fsp3) is 0.286. The lowest BCUT2D eigenvalue weighted by Crippen LogP contribution is -1.91. The largest absolute Gasteiger partial charge is 0.397 e. The summed E-state index contributed by atoms with van der Waals surface area (Å²) in [6.07, 6.45) is 0.0657. The number of pyridine rings is 1. The van der Waals surface area contributed by atoms with E-state index >= 15 is 0 Å². The quantitative estimate of drug-likeness (QED) is 0.565. The van der Waals surface area contributed by atoms with Gasteiger partial charge < -0.3 is 5.73 Å². The first-order chi connectivity index (χ1) is 5.04. The number of hydrogen-bond donors (Lipinski definition) is 1. The number of nitrogens with two attached hydrogens (primary N) is 1. The molecular weight excluding hydrogens is 112 g/mol. The van der Waals surface area contributed by atoms with Crippen LogP contribution in [0.25, 0.3) is 0 Å². The van der Waals surface area contributed by atoms with Crippen LogP contribution in [0.4, 0.5) is 5.69 Å². The Morgan fingerprint density at radius 3 is 3.00 bits per heavy atom. The first-order valence-corrected chi connectivity index (χ1v) is 2.74. The predicted molar refractivity (Wildman–Crippen MR) is 38.1 cm³/mol. The minimum atomic E-state index is 0.0657. The number of hydrogen-bond acceptors (Lipinski definition) is 2. The van der Waals surface area contributed by atoms with Crippen LogP contribution >= 0.6 is 0 Å². The van der Waals surface area contributed by atoms with Crippen molar-refractivity contribution in [1.29, 1.82) is 0 Å². The first-order valence-electron chi connectivity index (χ1n) is 3.74. The molecule has 2 heteroatoms. The molecule has 0 aliphatic carbocycles. The van der Waals surface area contributed by atoms with E-state index in [4.69, 9.17) is 8.48 Å². The second kappa shape index (κ2) is 2.05. The Morgan fingerprint density at radius 1 is 1.67 bits per heavy atom. The third-order valence-electron chi connectivity index (χ3n) is 1.12. The number of aromatic nitrogens is 1. The van der Waals surface area contributed by atoms with Crippen LogP contribution in [-0.4, -0.2) is 4.98 Å². The van der Waals surface area contributed by atoms with Crippen LogP contribution < -0.4 is 5.73 Å². The molecule has 0 fully saturated rings. The summed E-state index contributed by atoms with van der Waals surface area (Å²) in [6, 6.07) is 0.332. The van der Waals surface area contributed by atoms with E-state index in [9.17, 15) is 0 Å². The molecule has 0 aromatic carbocycles. The van der Waals surface area contributed by atoms with Crippen molar-refractivity contribution in [2.75, 3.05) is 5.73 Å². The molecule has 0 atom stereocenters. The lowest BCUT2D eigenvalue weighted by molar-refractivity contribution is 1.18. The SMILES string of the molecule is [2H]c1nc(C)c([2H])c(C)c1N. The molecule has 0 amide bonds. The van der Waals surface area contributed by atoms with E-state index in [1.165, 1.54) is 0 Å². The zero-order valence-corrected chi connectivity index (χ0v) is 5.52. The van der Waals surface area contributed by atoms with Crippen molar-refractivity contribution < 1.29 is 2.74 Å². The van der Waals surface area contributed by atoms with Crippen LogP contribution in [0, 0.1) is 13.8 Å². The van der Waals surface area contributed by atoms with Gasteiger partial charge in [-0.3, -0.25) is 4.98 Å². The standard InChI is InChI=1S/C7H10N2/c1-5-3-6(2)9-4-7(5)8/h3-4H,8H2,1-2H3/i3D,4D. The molecule has 0 unspecified atom stereocenters. The average Bonchev–Trinajstić information content (AvgIpc) is 1.97. The number of aryl methyl sites for hydroxylation is 1. The molecule has 1 aromatic rings. The highest BCUT2D eigenvalue weighted by molar-refractivity contribution is 5.43. The molecule has 1 rings (SSSR count). The van der Waals surface area contributed by atoms with Gasteiger partial charge in [0.2, 0.25) is 0 Å². The van der Waals surface area contributed by atoms with Crippen molar-refractivity contribution in [2.24, 2.45) is 0 Å². The van der Waals surface area contributed by atoms with Gasteiger partial charge in [0.1, 0.15) is 0 Å². The maximum atomic E-state index is 7.46. The van der Waals surface area contributed by atoms with E-state index in [0.717, 1.165) is 0 Å². The molecule has 2 N–H and O–H groups in total. The fourth-order valence-corrected chi connectivity index (χ4v) is 0.595. The molecule has 0 radical (unpaired) electrons. The van der Waals surface area contributed by atoms with Gasteiger partial charge in [0.25, 0.3) is 0 Å². The first kappa shape index (κ1) is 3.88. The van der Waals surface area contributed by atoms with Gasteiger partial charge in [-0.25, -0.2) is 0 Å². The zero-order valence-electron chi connectivity index (χ0n) is 7.52. The minimum Gasteiger partial charge on any atom is -0.397 e. The monoisotopic (exact) mass is 124 g/mol. The maximum Gasteiger partial charge on any atom is 0.0862 e. The van der Waals surface area contributed by atoms with E-state index in [0.29, 0.717) is 23.0 Å². The van der Waals surface area contributed by atoms with E-state index in [1.807, 2.05) is 0 Å². The molecule has 0 saturated carbocycles. The lowest BCUT2D eigenvalue weighted by Gasteiger charge is -1.97. The van der Waals surface area contributed by atoms with Gasteiger partial charge in [0.15, 0.2) is 0 Å². The van der Waals surface area contributed by atoms with E-state index in [-0.39, 0.29) is 6.17 Å². The molecule has 0 bridgehead atoms. The van der Waals surface area contributed by atoms with E-state index in [1.54, 1.807) is 13.8 Å². The van der Waals surface area contributed by atoms with Crippen LogP contribution in [0.1, 0.15) is 14.0 Å². The molecule has 48 valence electrons. The third kappa shape index (κ3) is 1.19. The van der Waals surface area contributed by atoms with Crippen LogP contribution in [0.5, 0.6) is 0 Å². The average molecular weight is 124 g/mol. The van der Waals surface area contributed by atoms with Gasteiger partial charge in [0, 0.05) is 5.69 Å². The van der Waals surface area contributed by atoms with Crippen molar-refractivity contribution in [3.63, 3.8) is 0 Å². The summed E-state index contributed by atoms with van der Waals surface area (Å²) in [5.41, 5.74) is 6.99. The highest BCUT2D eigenvalue weighted by Gasteiger charge is 1.91. The summed E-state index contributed by atoms with van der Waals surface area (Å²) in [6.45, 7) is 3.43. The van der Waals surface area contributed by atoms with Crippen molar-refractivity contribution in [3.8, 4) is 0 Å². The normalized spacial score (nSPS) is 12.7. The Labute approximate surface area is 57.5 Å². The number of rotatable bonds is 0. The Bertz CT molecular complexity index is 271. The smallest absolute Gasteiger partial charge is 0.0862 e. The fourth-order valence-electron chi connectivity index (χ4n) is 0.595. The van der Waals surface area contributed by atoms with E-state index < -0.39 is 0 Å². The summed E-state index contributed by atoms with van der Waals surface area (Å²) in [4.78, 5) is 3.79. The number of nitrogens with zero attached hydrogens (tertiary/aromatic N) is 1. The van der Waals surface area contributed by atoms with Crippen molar-refractivity contribution >= 4 is 5.69 Å². The van der Waals surface area contributed by atoms with Crippen LogP contribution in [0.3, 0.4) is 0 Å². The molecule has 1 aromatic heterocycles. The summed E-state index contributed by atoms with van der Waals surface area (Å²) < 4.78 is 14.7. The molecule has 0 aliphatic heterocycles. The Hall–Kier alpha value is -1.05. The van der Waals surface area contributed by atoms with Gasteiger partial charge in [-0.15, -0.1) is 0 Å². The second-order valence-corrected chi connectivity index (χ2v) is 1.97. The van der Waals surface area contributed by atoms with Crippen LogP contribution in [-0.2, 0) is 0 Å². The Balaban J connectivity index is 3.46. The number of nitrogen functional groups attached to an aromatic ring is 1. The Morgan fingerprint density at radius 2 is 2.33 bits per heavy atom. The zero-order chi connectivity index (χ0) is 8.59. The maximum absolute atomic E-state index is 7.46. The third-order valence-corrected chi connectivity index (χ3v) is 1.12. The molecular formula is C7H10N2. The predicted octanol–water partition coefficient (Wildman–Crippen LogP) is 1.28. The molecule has 9 heavy (non-hydrogen) atoms. The van der Waals surface area contributed by atoms with Gasteiger partial charge in [-0.1, -0.05) is 0 Å². The summed E-state index contributed by atoms with van der Waals surface area (Å²) >= 11 is 0. The molecule has 2 nitrogen and oxygen atoms in total. The topological polar surface area (TPSA) is 38.9 Å². The van der Waals surface area contributed by atoms with Crippen molar-refractivity contribution in [3.05, 3.63) is 23.5 Å². The molecule has 0 spiro atoms. The van der Waals surface area contributed by atoms with Crippen molar-refractivity contribution in [1.82, 2.24) is 4.98 Å². The highest BCUT2D eigenvalue weighted by atomic mass is 14.7. The van der Waals surface area contributed by atoms with Crippen LogP contribution in [0.15, 0.2) is 12.2 Å². The minimum absolute atomic E-state index is 0.0657.